The summed E-state index contributed by atoms with van der Waals surface area (Å²) in [5.74, 6) is 0.360. The Morgan fingerprint density at radius 1 is 1.17 bits per heavy atom. The van der Waals surface area contributed by atoms with E-state index in [2.05, 4.69) is 9.97 Å². The number of non-ortho nitro benzene ring substituents is 1. The van der Waals surface area contributed by atoms with Crippen molar-refractivity contribution in [2.45, 2.75) is 6.54 Å². The topological polar surface area (TPSA) is 98.5 Å². The molecule has 0 N–H and O–H groups in total. The van der Waals surface area contributed by atoms with Crippen LogP contribution in [0.2, 0.25) is 0 Å². The second-order valence-corrected chi connectivity index (χ2v) is 7.36. The number of nitrogens with zero attached hydrogens (tertiary/aromatic N) is 4. The number of carbonyl (C=O) groups is 1. The third-order valence-corrected chi connectivity index (χ3v) is 5.49. The molecular weight excluding hydrogens is 404 g/mol. The first-order valence-corrected chi connectivity index (χ1v) is 9.77. The van der Waals surface area contributed by atoms with E-state index in [1.807, 2.05) is 30.3 Å². The van der Waals surface area contributed by atoms with Gasteiger partial charge in [0.2, 0.25) is 0 Å². The molecule has 4 aromatic rings. The predicted molar refractivity (Wildman–Crippen MR) is 114 cm³/mol. The lowest BCUT2D eigenvalue weighted by Crippen LogP contribution is -2.30. The quantitative estimate of drug-likeness (QED) is 0.337. The van der Waals surface area contributed by atoms with E-state index < -0.39 is 4.92 Å². The molecule has 9 heteroatoms. The second kappa shape index (κ2) is 8.26. The number of aromatic nitrogens is 2. The number of pyridine rings is 1. The van der Waals surface area contributed by atoms with Crippen molar-refractivity contribution in [3.8, 4) is 5.75 Å². The molecular formula is C21H16N4O4S. The van der Waals surface area contributed by atoms with Gasteiger partial charge in [0.1, 0.15) is 5.75 Å². The fraction of sp³-hybridized carbons (Fsp3) is 0.0952. The van der Waals surface area contributed by atoms with Gasteiger partial charge in [0.25, 0.3) is 11.6 Å². The summed E-state index contributed by atoms with van der Waals surface area (Å²) in [6.45, 7) is 0.216. The van der Waals surface area contributed by atoms with Gasteiger partial charge in [-0.2, -0.15) is 0 Å². The van der Waals surface area contributed by atoms with Gasteiger partial charge in [-0.3, -0.25) is 24.8 Å². The maximum Gasteiger partial charge on any atom is 0.269 e. The molecule has 0 aliphatic heterocycles. The van der Waals surface area contributed by atoms with Crippen LogP contribution in [0.4, 0.5) is 10.8 Å². The maximum absolute atomic E-state index is 13.3. The Hall–Kier alpha value is -3.85. The van der Waals surface area contributed by atoms with E-state index in [1.54, 1.807) is 19.4 Å². The number of benzene rings is 2. The molecule has 0 aliphatic rings. The third kappa shape index (κ3) is 3.96. The van der Waals surface area contributed by atoms with Crippen LogP contribution in [-0.2, 0) is 6.54 Å². The molecule has 4 rings (SSSR count). The van der Waals surface area contributed by atoms with Crippen LogP contribution in [0.5, 0.6) is 5.75 Å². The van der Waals surface area contributed by atoms with Gasteiger partial charge in [0.05, 0.1) is 34.5 Å². The van der Waals surface area contributed by atoms with Gasteiger partial charge in [-0.1, -0.05) is 17.4 Å². The number of thiazole rings is 1. The summed E-state index contributed by atoms with van der Waals surface area (Å²) in [4.78, 5) is 34.2. The minimum absolute atomic E-state index is 0.0742. The number of nitro groups is 1. The number of nitro benzene ring substituents is 1. The van der Waals surface area contributed by atoms with Crippen molar-refractivity contribution in [1.82, 2.24) is 9.97 Å². The van der Waals surface area contributed by atoms with E-state index in [-0.39, 0.29) is 18.1 Å². The van der Waals surface area contributed by atoms with Crippen LogP contribution < -0.4 is 9.64 Å². The lowest BCUT2D eigenvalue weighted by molar-refractivity contribution is -0.384. The van der Waals surface area contributed by atoms with Crippen LogP contribution >= 0.6 is 11.3 Å². The molecule has 0 saturated carbocycles. The lowest BCUT2D eigenvalue weighted by Gasteiger charge is -2.19. The Kier molecular flexibility index (Phi) is 5.36. The Labute approximate surface area is 175 Å². The van der Waals surface area contributed by atoms with Crippen LogP contribution in [-0.4, -0.2) is 27.9 Å². The third-order valence-electron chi connectivity index (χ3n) is 4.43. The first-order valence-electron chi connectivity index (χ1n) is 8.96. The molecule has 2 aromatic carbocycles. The number of ether oxygens (including phenoxy) is 1. The summed E-state index contributed by atoms with van der Waals surface area (Å²) in [7, 11) is 1.58. The molecule has 0 aliphatic carbocycles. The Morgan fingerprint density at radius 3 is 2.63 bits per heavy atom. The Balaban J connectivity index is 1.74. The zero-order valence-corrected chi connectivity index (χ0v) is 16.7. The van der Waals surface area contributed by atoms with Gasteiger partial charge >= 0.3 is 0 Å². The molecule has 0 radical (unpaired) electrons. The summed E-state index contributed by atoms with van der Waals surface area (Å²) >= 11 is 1.38. The lowest BCUT2D eigenvalue weighted by atomic mass is 10.2. The van der Waals surface area contributed by atoms with Crippen molar-refractivity contribution in [1.29, 1.82) is 0 Å². The van der Waals surface area contributed by atoms with Crippen molar-refractivity contribution in [2.75, 3.05) is 12.0 Å². The molecule has 0 fully saturated rings. The Morgan fingerprint density at radius 2 is 1.97 bits per heavy atom. The summed E-state index contributed by atoms with van der Waals surface area (Å²) < 4.78 is 6.16. The molecule has 8 nitrogen and oxygen atoms in total. The SMILES string of the molecule is COc1ccc2sc(N(Cc3ccccn3)C(=O)c3ccc([N+](=O)[O-])cc3)nc2c1. The molecule has 0 spiro atoms. The first-order chi connectivity index (χ1) is 14.5. The largest absolute Gasteiger partial charge is 0.497 e. The number of hydrogen-bond acceptors (Lipinski definition) is 7. The molecule has 2 heterocycles. The summed E-state index contributed by atoms with van der Waals surface area (Å²) in [5, 5.41) is 11.4. The van der Waals surface area contributed by atoms with Crippen molar-refractivity contribution in [2.24, 2.45) is 0 Å². The number of rotatable bonds is 6. The average molecular weight is 420 g/mol. The number of hydrogen-bond donors (Lipinski definition) is 0. The summed E-state index contributed by atoms with van der Waals surface area (Å²) in [6, 6.07) is 16.5. The number of methoxy groups -OCH3 is 1. The normalized spacial score (nSPS) is 10.7. The minimum Gasteiger partial charge on any atom is -0.497 e. The smallest absolute Gasteiger partial charge is 0.269 e. The molecule has 1 amide bonds. The van der Waals surface area contributed by atoms with E-state index in [9.17, 15) is 14.9 Å². The van der Waals surface area contributed by atoms with Crippen LogP contribution in [0.15, 0.2) is 66.9 Å². The van der Waals surface area contributed by atoms with Crippen molar-refractivity contribution in [3.05, 3.63) is 88.2 Å². The maximum atomic E-state index is 13.3. The molecule has 0 saturated heterocycles. The Bertz CT molecular complexity index is 1210. The summed E-state index contributed by atoms with van der Waals surface area (Å²) in [6.07, 6.45) is 1.66. The van der Waals surface area contributed by atoms with Gasteiger partial charge < -0.3 is 4.74 Å². The standard InChI is InChI=1S/C21H16N4O4S/c1-29-17-9-10-19-18(12-17)23-21(30-19)24(13-15-4-2-3-11-22-15)20(26)14-5-7-16(8-6-14)25(27)28/h2-12H,13H2,1H3. The fourth-order valence-electron chi connectivity index (χ4n) is 2.90. The van der Waals surface area contributed by atoms with Crippen molar-refractivity contribution in [3.63, 3.8) is 0 Å². The molecule has 150 valence electrons. The van der Waals surface area contributed by atoms with Crippen molar-refractivity contribution >= 4 is 38.3 Å². The van der Waals surface area contributed by atoms with Crippen LogP contribution in [0.3, 0.4) is 0 Å². The zero-order chi connectivity index (χ0) is 21.1. The molecule has 0 bridgehead atoms. The highest BCUT2D eigenvalue weighted by Crippen LogP contribution is 2.32. The number of carbonyl (C=O) groups excluding carboxylic acids is 1. The second-order valence-electron chi connectivity index (χ2n) is 6.35. The highest BCUT2D eigenvalue weighted by molar-refractivity contribution is 7.22. The van der Waals surface area contributed by atoms with Gasteiger partial charge in [0, 0.05) is 30.0 Å². The predicted octanol–water partition coefficient (Wildman–Crippen LogP) is 4.46. The monoisotopic (exact) mass is 420 g/mol. The number of anilines is 1. The van der Waals surface area contributed by atoms with Crippen LogP contribution in [0.25, 0.3) is 10.2 Å². The van der Waals surface area contributed by atoms with Crippen molar-refractivity contribution < 1.29 is 14.5 Å². The van der Waals surface area contributed by atoms with Crippen LogP contribution in [0, 0.1) is 10.1 Å². The molecule has 0 atom stereocenters. The van der Waals surface area contributed by atoms with Gasteiger partial charge in [0.15, 0.2) is 5.13 Å². The first kappa shape index (κ1) is 19.5. The van der Waals surface area contributed by atoms with E-state index in [0.29, 0.717) is 22.1 Å². The van der Waals surface area contributed by atoms with Crippen LogP contribution in [0.1, 0.15) is 16.1 Å². The highest BCUT2D eigenvalue weighted by atomic mass is 32.1. The number of amides is 1. The van der Waals surface area contributed by atoms with Gasteiger partial charge in [-0.25, -0.2) is 4.98 Å². The zero-order valence-electron chi connectivity index (χ0n) is 15.9. The summed E-state index contributed by atoms with van der Waals surface area (Å²) in [5.41, 5.74) is 1.67. The minimum atomic E-state index is -0.499. The van der Waals surface area contributed by atoms with Gasteiger partial charge in [-0.15, -0.1) is 0 Å². The number of fused-ring (bicyclic) bond motifs is 1. The van der Waals surface area contributed by atoms with E-state index in [4.69, 9.17) is 4.74 Å². The van der Waals surface area contributed by atoms with Gasteiger partial charge in [-0.05, 0) is 36.4 Å². The fourth-order valence-corrected chi connectivity index (χ4v) is 3.84. The average Bonchev–Trinajstić information content (AvgIpc) is 3.20. The van der Waals surface area contributed by atoms with E-state index >= 15 is 0 Å². The molecule has 30 heavy (non-hydrogen) atoms. The molecule has 0 unspecified atom stereocenters. The highest BCUT2D eigenvalue weighted by Gasteiger charge is 2.23. The molecule has 2 aromatic heterocycles. The van der Waals surface area contributed by atoms with E-state index in [1.165, 1.54) is 40.5 Å². The van der Waals surface area contributed by atoms with E-state index in [0.717, 1.165) is 10.2 Å².